The normalized spacial score (nSPS) is 38.8. The van der Waals surface area contributed by atoms with Crippen molar-refractivity contribution in [2.45, 2.75) is 26.2 Å². The predicted molar refractivity (Wildman–Crippen MR) is 69.0 cm³/mol. The van der Waals surface area contributed by atoms with E-state index in [-0.39, 0.29) is 5.92 Å². The van der Waals surface area contributed by atoms with Crippen LogP contribution in [0.3, 0.4) is 0 Å². The van der Waals surface area contributed by atoms with E-state index in [1.54, 1.807) is 0 Å². The monoisotopic (exact) mass is 248 g/mol. The molecule has 4 atom stereocenters. The molecular formula is C15H17ClO. The van der Waals surface area contributed by atoms with Crippen LogP contribution in [0.2, 0.25) is 5.02 Å². The van der Waals surface area contributed by atoms with Crippen molar-refractivity contribution >= 4 is 17.9 Å². The highest BCUT2D eigenvalue weighted by atomic mass is 35.5. The van der Waals surface area contributed by atoms with Crippen LogP contribution >= 0.6 is 11.6 Å². The van der Waals surface area contributed by atoms with Gasteiger partial charge in [-0.1, -0.05) is 30.7 Å². The Kier molecular flexibility index (Phi) is 2.55. The second-order valence-electron chi connectivity index (χ2n) is 5.90. The van der Waals surface area contributed by atoms with Crippen LogP contribution in [-0.4, -0.2) is 6.29 Å². The molecule has 3 rings (SSSR count). The summed E-state index contributed by atoms with van der Waals surface area (Å²) >= 11 is 5.88. The minimum atomic E-state index is 0.267. The van der Waals surface area contributed by atoms with Crippen LogP contribution < -0.4 is 0 Å². The highest BCUT2D eigenvalue weighted by Gasteiger charge is 2.62. The fourth-order valence-electron chi connectivity index (χ4n) is 3.68. The smallest absolute Gasteiger partial charge is 0.123 e. The number of rotatable bonds is 3. The number of benzene rings is 1. The first-order valence-corrected chi connectivity index (χ1v) is 6.71. The largest absolute Gasteiger partial charge is 0.303 e. The van der Waals surface area contributed by atoms with E-state index in [4.69, 9.17) is 11.6 Å². The minimum Gasteiger partial charge on any atom is -0.303 e. The van der Waals surface area contributed by atoms with E-state index in [1.165, 1.54) is 24.7 Å². The lowest BCUT2D eigenvalue weighted by atomic mass is 9.82. The summed E-state index contributed by atoms with van der Waals surface area (Å²) in [6.45, 7) is 2.28. The average Bonchev–Trinajstić information content (AvgIpc) is 2.86. The fourth-order valence-corrected chi connectivity index (χ4v) is 3.81. The Morgan fingerprint density at radius 3 is 2.76 bits per heavy atom. The fraction of sp³-hybridized carbons (Fsp3) is 0.533. The molecule has 2 heteroatoms. The van der Waals surface area contributed by atoms with Crippen LogP contribution in [0.1, 0.15) is 25.3 Å². The van der Waals surface area contributed by atoms with E-state index in [2.05, 4.69) is 19.1 Å². The van der Waals surface area contributed by atoms with Crippen molar-refractivity contribution in [2.75, 3.05) is 0 Å². The molecule has 1 aromatic carbocycles. The standard InChI is InChI=1S/C15H17ClO/c1-15-8-12(15)7-11(14(15)9-17)6-10-2-4-13(16)5-3-10/h2-5,9,11-12,14H,6-8H2,1H3. The Morgan fingerprint density at radius 2 is 2.12 bits per heavy atom. The van der Waals surface area contributed by atoms with Crippen molar-refractivity contribution in [1.82, 2.24) is 0 Å². The van der Waals surface area contributed by atoms with Gasteiger partial charge in [0.1, 0.15) is 6.29 Å². The van der Waals surface area contributed by atoms with Gasteiger partial charge in [-0.15, -0.1) is 0 Å². The van der Waals surface area contributed by atoms with E-state index >= 15 is 0 Å². The van der Waals surface area contributed by atoms with E-state index < -0.39 is 0 Å². The van der Waals surface area contributed by atoms with Gasteiger partial charge in [-0.25, -0.2) is 0 Å². The van der Waals surface area contributed by atoms with Crippen LogP contribution in [0.4, 0.5) is 0 Å². The average molecular weight is 249 g/mol. The van der Waals surface area contributed by atoms with Crippen molar-refractivity contribution in [3.8, 4) is 0 Å². The third-order valence-corrected chi connectivity index (χ3v) is 5.13. The molecule has 0 heterocycles. The lowest BCUT2D eigenvalue weighted by Crippen LogP contribution is -2.21. The van der Waals surface area contributed by atoms with Crippen LogP contribution in [0, 0.1) is 23.2 Å². The number of aldehydes is 1. The molecule has 0 aliphatic heterocycles. The lowest BCUT2D eigenvalue weighted by Gasteiger charge is -2.21. The van der Waals surface area contributed by atoms with E-state index in [0.717, 1.165) is 17.4 Å². The molecule has 0 N–H and O–H groups in total. The molecule has 2 fully saturated rings. The molecular weight excluding hydrogens is 232 g/mol. The van der Waals surface area contributed by atoms with Gasteiger partial charge in [0.05, 0.1) is 0 Å². The van der Waals surface area contributed by atoms with Gasteiger partial charge in [0.25, 0.3) is 0 Å². The SMILES string of the molecule is CC12CC1CC(Cc1ccc(Cl)cc1)C2C=O. The molecule has 90 valence electrons. The maximum absolute atomic E-state index is 11.3. The van der Waals surface area contributed by atoms with Crippen molar-refractivity contribution in [1.29, 1.82) is 0 Å². The van der Waals surface area contributed by atoms with E-state index in [0.29, 0.717) is 11.3 Å². The van der Waals surface area contributed by atoms with Crippen LogP contribution in [0.25, 0.3) is 0 Å². The zero-order valence-electron chi connectivity index (χ0n) is 10.0. The predicted octanol–water partition coefficient (Wildman–Crippen LogP) is 3.74. The van der Waals surface area contributed by atoms with Gasteiger partial charge in [-0.2, -0.15) is 0 Å². The van der Waals surface area contributed by atoms with E-state index in [1.807, 2.05) is 12.1 Å². The minimum absolute atomic E-state index is 0.267. The number of halogens is 1. The molecule has 0 saturated heterocycles. The number of hydrogen-bond donors (Lipinski definition) is 0. The Bertz CT molecular complexity index is 439. The summed E-state index contributed by atoms with van der Waals surface area (Å²) in [6.07, 6.45) is 4.70. The quantitative estimate of drug-likeness (QED) is 0.745. The first-order chi connectivity index (χ1) is 8.13. The number of hydrogen-bond acceptors (Lipinski definition) is 1. The molecule has 0 radical (unpaired) electrons. The summed E-state index contributed by atoms with van der Waals surface area (Å²) in [4.78, 5) is 11.3. The maximum atomic E-state index is 11.3. The molecule has 1 aromatic rings. The summed E-state index contributed by atoms with van der Waals surface area (Å²) < 4.78 is 0. The molecule has 4 unspecified atom stereocenters. The van der Waals surface area contributed by atoms with Gasteiger partial charge in [0.15, 0.2) is 0 Å². The van der Waals surface area contributed by atoms with Crippen molar-refractivity contribution in [3.63, 3.8) is 0 Å². The summed E-state index contributed by atoms with van der Waals surface area (Å²) in [5.74, 6) is 1.61. The highest BCUT2D eigenvalue weighted by molar-refractivity contribution is 6.30. The molecule has 0 bridgehead atoms. The lowest BCUT2D eigenvalue weighted by molar-refractivity contribution is -0.113. The van der Waals surface area contributed by atoms with Gasteiger partial charge >= 0.3 is 0 Å². The van der Waals surface area contributed by atoms with Crippen molar-refractivity contribution in [3.05, 3.63) is 34.9 Å². The van der Waals surface area contributed by atoms with Crippen LogP contribution in [-0.2, 0) is 11.2 Å². The molecule has 0 amide bonds. The summed E-state index contributed by atoms with van der Waals surface area (Å²) in [7, 11) is 0. The second kappa shape index (κ2) is 3.84. The van der Waals surface area contributed by atoms with Crippen molar-refractivity contribution < 1.29 is 4.79 Å². The summed E-state index contributed by atoms with van der Waals surface area (Å²) in [6, 6.07) is 8.03. The number of carbonyl (C=O) groups is 1. The molecule has 2 saturated carbocycles. The maximum Gasteiger partial charge on any atom is 0.123 e. The zero-order valence-corrected chi connectivity index (χ0v) is 10.8. The molecule has 2 aliphatic carbocycles. The van der Waals surface area contributed by atoms with Crippen LogP contribution in [0.5, 0.6) is 0 Å². The highest BCUT2D eigenvalue weighted by Crippen LogP contribution is 2.67. The Morgan fingerprint density at radius 1 is 1.41 bits per heavy atom. The zero-order chi connectivity index (χ0) is 12.0. The summed E-state index contributed by atoms with van der Waals surface area (Å²) in [5.41, 5.74) is 1.63. The van der Waals surface area contributed by atoms with Gasteiger partial charge < -0.3 is 4.79 Å². The van der Waals surface area contributed by atoms with E-state index in [9.17, 15) is 4.79 Å². The Balaban J connectivity index is 1.74. The summed E-state index contributed by atoms with van der Waals surface area (Å²) in [5, 5.41) is 0.780. The second-order valence-corrected chi connectivity index (χ2v) is 6.33. The Labute approximate surface area is 107 Å². The van der Waals surface area contributed by atoms with Gasteiger partial charge in [0.2, 0.25) is 0 Å². The number of fused-ring (bicyclic) bond motifs is 1. The van der Waals surface area contributed by atoms with Gasteiger partial charge in [0, 0.05) is 10.9 Å². The number of carbonyl (C=O) groups excluding carboxylic acids is 1. The molecule has 1 nitrogen and oxygen atoms in total. The third-order valence-electron chi connectivity index (χ3n) is 4.87. The van der Waals surface area contributed by atoms with Crippen molar-refractivity contribution in [2.24, 2.45) is 23.2 Å². The molecule has 2 aliphatic rings. The molecule has 0 aromatic heterocycles. The third kappa shape index (κ3) is 1.81. The molecule has 17 heavy (non-hydrogen) atoms. The first-order valence-electron chi connectivity index (χ1n) is 6.33. The topological polar surface area (TPSA) is 17.1 Å². The first kappa shape index (κ1) is 11.3. The Hall–Kier alpha value is -0.820. The van der Waals surface area contributed by atoms with Crippen LogP contribution in [0.15, 0.2) is 24.3 Å². The van der Waals surface area contributed by atoms with Gasteiger partial charge in [-0.05, 0) is 54.2 Å². The molecule has 0 spiro atoms. The van der Waals surface area contributed by atoms with Gasteiger partial charge in [-0.3, -0.25) is 0 Å².